The molecule has 0 aliphatic heterocycles. The molecule has 0 rings (SSSR count). The first-order chi connectivity index (χ1) is 14.1. The van der Waals surface area contributed by atoms with Crippen molar-refractivity contribution in [2.75, 3.05) is 13.2 Å². The van der Waals surface area contributed by atoms with Gasteiger partial charge in [0.1, 0.15) is 0 Å². The first kappa shape index (κ1) is 31.0. The van der Waals surface area contributed by atoms with Crippen molar-refractivity contribution in [1.82, 2.24) is 6.15 Å². The van der Waals surface area contributed by atoms with E-state index in [4.69, 9.17) is 9.47 Å². The maximum Gasteiger partial charge on any atom is 0.335 e. The Hall–Kier alpha value is -1.14. The van der Waals surface area contributed by atoms with Crippen molar-refractivity contribution in [2.24, 2.45) is 0 Å². The average Bonchev–Trinajstić information content (AvgIpc) is 2.71. The van der Waals surface area contributed by atoms with Crippen LogP contribution in [-0.2, 0) is 19.1 Å². The van der Waals surface area contributed by atoms with Crippen LogP contribution in [0.3, 0.4) is 0 Å². The highest BCUT2D eigenvalue weighted by atomic mass is 16.6. The maximum atomic E-state index is 11.7. The standard InChI is InChI=1S/C24H46O5.H3N/c1-3-5-7-9-11-13-15-17-19-28-23(26)21-22(25)24(27)29-20-18-16-14-12-10-8-6-4-2;/h22,25H,3-21H2,1-2H3;1H3. The minimum atomic E-state index is -1.42. The van der Waals surface area contributed by atoms with Gasteiger partial charge in [-0.25, -0.2) is 4.79 Å². The van der Waals surface area contributed by atoms with Gasteiger partial charge in [0.15, 0.2) is 6.10 Å². The Morgan fingerprint density at radius 1 is 0.633 bits per heavy atom. The topological polar surface area (TPSA) is 108 Å². The smallest absolute Gasteiger partial charge is 0.335 e. The molecule has 0 radical (unpaired) electrons. The Bertz CT molecular complexity index is 390. The maximum absolute atomic E-state index is 11.7. The monoisotopic (exact) mass is 431 g/mol. The van der Waals surface area contributed by atoms with Crippen LogP contribution in [0.1, 0.15) is 123 Å². The molecule has 0 aromatic heterocycles. The zero-order valence-electron chi connectivity index (χ0n) is 19.8. The number of unbranched alkanes of at least 4 members (excludes halogenated alkanes) is 14. The number of carbonyl (C=O) groups excluding carboxylic acids is 2. The SMILES string of the molecule is CCCCCCCCCCOC(=O)CC(O)C(=O)OCCCCCCCCCC.N. The lowest BCUT2D eigenvalue weighted by atomic mass is 10.1. The fourth-order valence-corrected chi connectivity index (χ4v) is 3.23. The first-order valence-electron chi connectivity index (χ1n) is 12.1. The third-order valence-electron chi connectivity index (χ3n) is 5.14. The van der Waals surface area contributed by atoms with E-state index in [9.17, 15) is 14.7 Å². The van der Waals surface area contributed by atoms with Crippen molar-refractivity contribution in [1.29, 1.82) is 0 Å². The number of aliphatic hydroxyl groups excluding tert-OH is 1. The molecule has 30 heavy (non-hydrogen) atoms. The summed E-state index contributed by atoms with van der Waals surface area (Å²) in [6.45, 7) is 5.08. The molecule has 6 heteroatoms. The molecule has 1 atom stereocenters. The minimum Gasteiger partial charge on any atom is -0.466 e. The molecule has 0 fully saturated rings. The van der Waals surface area contributed by atoms with Gasteiger partial charge in [-0.1, -0.05) is 104 Å². The molecule has 1 unspecified atom stereocenters. The lowest BCUT2D eigenvalue weighted by Crippen LogP contribution is -2.27. The molecule has 4 N–H and O–H groups in total. The summed E-state index contributed by atoms with van der Waals surface area (Å²) in [7, 11) is 0. The first-order valence-corrected chi connectivity index (χ1v) is 12.1. The Morgan fingerprint density at radius 2 is 1.00 bits per heavy atom. The molecule has 0 aromatic rings. The Balaban J connectivity index is 0. The number of esters is 2. The largest absolute Gasteiger partial charge is 0.466 e. The number of ether oxygens (including phenoxy) is 2. The van der Waals surface area contributed by atoms with Gasteiger partial charge in [-0.15, -0.1) is 0 Å². The molecule has 0 aliphatic carbocycles. The van der Waals surface area contributed by atoms with E-state index in [1.807, 2.05) is 0 Å². The van der Waals surface area contributed by atoms with Crippen molar-refractivity contribution in [3.05, 3.63) is 0 Å². The second kappa shape index (κ2) is 24.1. The van der Waals surface area contributed by atoms with Gasteiger partial charge < -0.3 is 20.7 Å². The van der Waals surface area contributed by atoms with E-state index in [-0.39, 0.29) is 12.6 Å². The van der Waals surface area contributed by atoms with E-state index in [1.54, 1.807) is 0 Å². The summed E-state index contributed by atoms with van der Waals surface area (Å²) in [6.07, 6.45) is 17.0. The van der Waals surface area contributed by atoms with Crippen LogP contribution in [0.5, 0.6) is 0 Å². The average molecular weight is 432 g/mol. The molecule has 180 valence electrons. The summed E-state index contributed by atoms with van der Waals surface area (Å²) in [5, 5.41) is 9.78. The van der Waals surface area contributed by atoms with Gasteiger partial charge in [-0.05, 0) is 12.8 Å². The van der Waals surface area contributed by atoms with Gasteiger partial charge in [0.25, 0.3) is 0 Å². The molecular weight excluding hydrogens is 382 g/mol. The molecule has 0 amide bonds. The van der Waals surface area contributed by atoms with Crippen LogP contribution in [0.4, 0.5) is 0 Å². The van der Waals surface area contributed by atoms with Crippen molar-refractivity contribution >= 4 is 11.9 Å². The van der Waals surface area contributed by atoms with E-state index >= 15 is 0 Å². The van der Waals surface area contributed by atoms with Crippen LogP contribution in [0.15, 0.2) is 0 Å². The summed E-state index contributed by atoms with van der Waals surface area (Å²) < 4.78 is 10.2. The second-order valence-electron chi connectivity index (χ2n) is 8.06. The molecular formula is C24H49NO5. The van der Waals surface area contributed by atoms with Crippen LogP contribution in [0.25, 0.3) is 0 Å². The Labute approximate surface area is 185 Å². The predicted molar refractivity (Wildman–Crippen MR) is 123 cm³/mol. The van der Waals surface area contributed by atoms with Crippen LogP contribution in [0.2, 0.25) is 0 Å². The number of hydrogen-bond acceptors (Lipinski definition) is 6. The van der Waals surface area contributed by atoms with Gasteiger partial charge in [0.2, 0.25) is 0 Å². The minimum absolute atomic E-state index is 0. The molecule has 6 nitrogen and oxygen atoms in total. The van der Waals surface area contributed by atoms with Crippen molar-refractivity contribution in [3.63, 3.8) is 0 Å². The zero-order valence-corrected chi connectivity index (χ0v) is 19.8. The lowest BCUT2D eigenvalue weighted by molar-refractivity contribution is -0.160. The van der Waals surface area contributed by atoms with Gasteiger partial charge in [0, 0.05) is 0 Å². The van der Waals surface area contributed by atoms with E-state index in [2.05, 4.69) is 13.8 Å². The molecule has 0 aromatic carbocycles. The van der Waals surface area contributed by atoms with Crippen molar-refractivity contribution < 1.29 is 24.2 Å². The number of hydrogen-bond donors (Lipinski definition) is 2. The summed E-state index contributed by atoms with van der Waals surface area (Å²) in [5.41, 5.74) is 0. The quantitative estimate of drug-likeness (QED) is 0.164. The normalized spacial score (nSPS) is 11.6. The third kappa shape index (κ3) is 21.6. The highest BCUT2D eigenvalue weighted by Crippen LogP contribution is 2.10. The van der Waals surface area contributed by atoms with Crippen LogP contribution < -0.4 is 6.15 Å². The zero-order chi connectivity index (χ0) is 21.6. The van der Waals surface area contributed by atoms with Crippen LogP contribution in [-0.4, -0.2) is 36.4 Å². The second-order valence-corrected chi connectivity index (χ2v) is 8.06. The van der Waals surface area contributed by atoms with Crippen molar-refractivity contribution in [2.45, 2.75) is 129 Å². The summed E-state index contributed by atoms with van der Waals surface area (Å²) in [4.78, 5) is 23.4. The van der Waals surface area contributed by atoms with E-state index in [0.717, 1.165) is 38.5 Å². The summed E-state index contributed by atoms with van der Waals surface area (Å²) >= 11 is 0. The molecule has 0 heterocycles. The van der Waals surface area contributed by atoms with Gasteiger partial charge in [-0.2, -0.15) is 0 Å². The molecule has 0 saturated heterocycles. The predicted octanol–water partition coefficient (Wildman–Crippen LogP) is 6.27. The Kier molecular flexibility index (Phi) is 25.0. The highest BCUT2D eigenvalue weighted by molar-refractivity contribution is 5.81. The molecule has 0 aliphatic rings. The number of carbonyl (C=O) groups is 2. The van der Waals surface area contributed by atoms with E-state index < -0.39 is 18.0 Å². The van der Waals surface area contributed by atoms with Crippen molar-refractivity contribution in [3.8, 4) is 0 Å². The number of rotatable bonds is 21. The molecule has 0 saturated carbocycles. The number of aliphatic hydroxyl groups is 1. The molecule has 0 bridgehead atoms. The van der Waals surface area contributed by atoms with Gasteiger partial charge in [0.05, 0.1) is 19.6 Å². The Morgan fingerprint density at radius 3 is 1.43 bits per heavy atom. The fourth-order valence-electron chi connectivity index (χ4n) is 3.23. The van der Waals surface area contributed by atoms with E-state index in [1.165, 1.54) is 64.2 Å². The molecule has 0 spiro atoms. The van der Waals surface area contributed by atoms with Crippen LogP contribution in [0, 0.1) is 0 Å². The van der Waals surface area contributed by atoms with Gasteiger partial charge >= 0.3 is 11.9 Å². The van der Waals surface area contributed by atoms with E-state index in [0.29, 0.717) is 13.2 Å². The third-order valence-corrected chi connectivity index (χ3v) is 5.14. The summed E-state index contributed by atoms with van der Waals surface area (Å²) in [6, 6.07) is 0. The lowest BCUT2D eigenvalue weighted by Gasteiger charge is -2.11. The van der Waals surface area contributed by atoms with Gasteiger partial charge in [-0.3, -0.25) is 4.79 Å². The fraction of sp³-hybridized carbons (Fsp3) is 0.917. The highest BCUT2D eigenvalue weighted by Gasteiger charge is 2.21. The van der Waals surface area contributed by atoms with Crippen LogP contribution >= 0.6 is 0 Å². The summed E-state index contributed by atoms with van der Waals surface area (Å²) in [5.74, 6) is -1.26.